The molecule has 0 spiro atoms. The molecule has 6 rings (SSSR count). The fourth-order valence-corrected chi connectivity index (χ4v) is 5.93. The van der Waals surface area contributed by atoms with E-state index in [0.717, 1.165) is 11.1 Å². The Hall–Kier alpha value is -4.77. The number of aromatic nitrogens is 5. The molecule has 1 unspecified atom stereocenters. The number of hydrogen-bond donors (Lipinski definition) is 4. The van der Waals surface area contributed by atoms with Gasteiger partial charge in [0, 0.05) is 49.7 Å². The molecule has 2 fully saturated rings. The SMILES string of the molecule is COc1ccc(CNc2ncnc3c2c(-c2ccn(C)n2)cn3[C@@H]2O[C@H](C(=O)NCCC(N)C(=O)O)[C@H]3OC(C)(C)O[C@H]32)c(OC)c1. The first kappa shape index (κ1) is 32.2. The normalized spacial score (nSPS) is 22.2. The average Bonchev–Trinajstić information content (AvgIpc) is 3.80. The van der Waals surface area contributed by atoms with Crippen molar-refractivity contribution in [2.45, 2.75) is 63.2 Å². The van der Waals surface area contributed by atoms with E-state index >= 15 is 0 Å². The number of nitrogens with one attached hydrogen (secondary N) is 2. The summed E-state index contributed by atoms with van der Waals surface area (Å²) in [5.74, 6) is -0.717. The van der Waals surface area contributed by atoms with Crippen LogP contribution in [0.5, 0.6) is 11.5 Å². The van der Waals surface area contributed by atoms with Crippen molar-refractivity contribution in [1.29, 1.82) is 0 Å². The number of carboxylic acid groups (broad SMARTS) is 1. The van der Waals surface area contributed by atoms with Crippen LogP contribution in [-0.4, -0.2) is 92.2 Å². The standard InChI is InChI=1S/C31H38N8O8/c1-31(2)46-23-24(28(40)33-10-8-19(32)30(41)42)45-29(25(23)47-31)39-14-18(20-9-11-38(3)37-20)22-26(35-15-36-27(22)39)34-13-16-6-7-17(43-4)12-21(16)44-5/h6-7,9,11-12,14-15,19,23-25,29H,8,10,13,32H2,1-5H3,(H,33,40)(H,41,42)(H,34,35,36)/t19?,23-,24+,25-,29-/m1/s1. The van der Waals surface area contributed by atoms with E-state index in [1.54, 1.807) is 32.7 Å². The lowest BCUT2D eigenvalue weighted by atomic mass is 10.1. The first-order valence-corrected chi connectivity index (χ1v) is 15.1. The van der Waals surface area contributed by atoms with Crippen LogP contribution in [0.2, 0.25) is 0 Å². The van der Waals surface area contributed by atoms with Gasteiger partial charge in [-0.3, -0.25) is 14.3 Å². The van der Waals surface area contributed by atoms with Gasteiger partial charge in [0.05, 0.1) is 25.3 Å². The molecule has 4 aromatic rings. The summed E-state index contributed by atoms with van der Waals surface area (Å²) in [7, 11) is 5.03. The number of nitrogens with zero attached hydrogens (tertiary/aromatic N) is 5. The molecule has 1 aromatic carbocycles. The quantitative estimate of drug-likeness (QED) is 0.173. The second-order valence-electron chi connectivity index (χ2n) is 11.8. The zero-order valence-corrected chi connectivity index (χ0v) is 26.7. The molecule has 5 heterocycles. The molecule has 16 heteroatoms. The van der Waals surface area contributed by atoms with Gasteiger partial charge in [-0.15, -0.1) is 0 Å². The number of carbonyl (C=O) groups excluding carboxylic acids is 1. The lowest BCUT2D eigenvalue weighted by Crippen LogP contribution is -2.44. The van der Waals surface area contributed by atoms with Crippen molar-refractivity contribution < 1.29 is 38.4 Å². The number of aliphatic carboxylic acids is 1. The van der Waals surface area contributed by atoms with Crippen molar-refractivity contribution in [3.05, 3.63) is 48.5 Å². The highest BCUT2D eigenvalue weighted by atomic mass is 16.8. The number of rotatable bonds is 12. The van der Waals surface area contributed by atoms with Gasteiger partial charge in [0.1, 0.15) is 47.5 Å². The second kappa shape index (κ2) is 12.8. The van der Waals surface area contributed by atoms with Crippen molar-refractivity contribution >= 4 is 28.7 Å². The predicted octanol–water partition coefficient (Wildman–Crippen LogP) is 1.80. The lowest BCUT2D eigenvalue weighted by Gasteiger charge is -2.24. The average molecular weight is 651 g/mol. The van der Waals surface area contributed by atoms with E-state index in [9.17, 15) is 9.59 Å². The minimum Gasteiger partial charge on any atom is -0.497 e. The Bertz CT molecular complexity index is 1790. The van der Waals surface area contributed by atoms with Crippen LogP contribution in [-0.2, 0) is 37.4 Å². The molecule has 1 amide bonds. The first-order chi connectivity index (χ1) is 22.5. The molecule has 0 saturated carbocycles. The highest BCUT2D eigenvalue weighted by Crippen LogP contribution is 2.46. The van der Waals surface area contributed by atoms with Gasteiger partial charge in [0.15, 0.2) is 18.1 Å². The van der Waals surface area contributed by atoms with Gasteiger partial charge in [0.2, 0.25) is 0 Å². The van der Waals surface area contributed by atoms with E-state index in [1.165, 1.54) is 6.33 Å². The molecule has 16 nitrogen and oxygen atoms in total. The van der Waals surface area contributed by atoms with Crippen LogP contribution in [0.4, 0.5) is 5.82 Å². The Morgan fingerprint density at radius 3 is 2.64 bits per heavy atom. The van der Waals surface area contributed by atoms with Crippen molar-refractivity contribution in [3.63, 3.8) is 0 Å². The van der Waals surface area contributed by atoms with Gasteiger partial charge in [-0.05, 0) is 38.5 Å². The minimum atomic E-state index is -1.15. The summed E-state index contributed by atoms with van der Waals surface area (Å²) in [6.07, 6.45) is 1.92. The fraction of sp³-hybridized carbons (Fsp3) is 0.452. The molecule has 2 aliphatic rings. The largest absolute Gasteiger partial charge is 0.497 e. The number of nitrogens with two attached hydrogens (primary N) is 1. The van der Waals surface area contributed by atoms with Crippen molar-refractivity contribution in [1.82, 2.24) is 29.6 Å². The van der Waals surface area contributed by atoms with Gasteiger partial charge < -0.3 is 49.7 Å². The molecule has 5 N–H and O–H groups in total. The predicted molar refractivity (Wildman–Crippen MR) is 168 cm³/mol. The van der Waals surface area contributed by atoms with Crippen LogP contribution in [0, 0.1) is 0 Å². The minimum absolute atomic E-state index is 0.0516. The van der Waals surface area contributed by atoms with Crippen LogP contribution in [0.15, 0.2) is 43.0 Å². The third-order valence-electron chi connectivity index (χ3n) is 8.17. The summed E-state index contributed by atoms with van der Waals surface area (Å²) in [6, 6.07) is 6.37. The first-order valence-electron chi connectivity index (χ1n) is 15.1. The van der Waals surface area contributed by atoms with Gasteiger partial charge in [-0.2, -0.15) is 5.10 Å². The lowest BCUT2D eigenvalue weighted by molar-refractivity contribution is -0.197. The number of carbonyl (C=O) groups is 2. The fourth-order valence-electron chi connectivity index (χ4n) is 5.93. The van der Waals surface area contributed by atoms with Gasteiger partial charge in [-0.1, -0.05) is 0 Å². The molecule has 0 bridgehead atoms. The molecule has 3 aromatic heterocycles. The molecule has 5 atom stereocenters. The van der Waals surface area contributed by atoms with E-state index in [4.69, 9.17) is 34.5 Å². The number of benzene rings is 1. The molecule has 2 saturated heterocycles. The smallest absolute Gasteiger partial charge is 0.320 e. The maximum atomic E-state index is 13.4. The number of anilines is 1. The molecular formula is C31H38N8O8. The monoisotopic (exact) mass is 650 g/mol. The Kier molecular flexibility index (Phi) is 8.76. The second-order valence-corrected chi connectivity index (χ2v) is 11.8. The van der Waals surface area contributed by atoms with Crippen LogP contribution < -0.4 is 25.8 Å². The number of carboxylic acids is 1. The van der Waals surface area contributed by atoms with E-state index < -0.39 is 48.2 Å². The third kappa shape index (κ3) is 6.32. The summed E-state index contributed by atoms with van der Waals surface area (Å²) < 4.78 is 33.3. The summed E-state index contributed by atoms with van der Waals surface area (Å²) in [4.78, 5) is 33.7. The molecular weight excluding hydrogens is 612 g/mol. The Labute approximate surface area is 270 Å². The van der Waals surface area contributed by atoms with E-state index in [1.807, 2.05) is 48.3 Å². The molecule has 2 aliphatic heterocycles. The van der Waals surface area contributed by atoms with Crippen molar-refractivity contribution in [2.24, 2.45) is 12.8 Å². The van der Waals surface area contributed by atoms with Gasteiger partial charge >= 0.3 is 5.97 Å². The number of methoxy groups -OCH3 is 2. The van der Waals surface area contributed by atoms with Gasteiger partial charge in [0.25, 0.3) is 5.91 Å². The third-order valence-corrected chi connectivity index (χ3v) is 8.17. The summed E-state index contributed by atoms with van der Waals surface area (Å²) >= 11 is 0. The molecule has 47 heavy (non-hydrogen) atoms. The zero-order valence-electron chi connectivity index (χ0n) is 26.7. The van der Waals surface area contributed by atoms with E-state index in [0.29, 0.717) is 40.6 Å². The maximum Gasteiger partial charge on any atom is 0.320 e. The number of fused-ring (bicyclic) bond motifs is 2. The van der Waals surface area contributed by atoms with Crippen LogP contribution in [0.1, 0.15) is 32.1 Å². The van der Waals surface area contributed by atoms with E-state index in [-0.39, 0.29) is 13.0 Å². The Morgan fingerprint density at radius 1 is 1.15 bits per heavy atom. The highest BCUT2D eigenvalue weighted by molar-refractivity contribution is 6.00. The van der Waals surface area contributed by atoms with Crippen LogP contribution in [0.25, 0.3) is 22.3 Å². The number of hydrogen-bond acceptors (Lipinski definition) is 12. The summed E-state index contributed by atoms with van der Waals surface area (Å²) in [5.41, 5.74) is 8.43. The molecule has 250 valence electrons. The Morgan fingerprint density at radius 2 is 1.94 bits per heavy atom. The number of amides is 1. The van der Waals surface area contributed by atoms with Crippen LogP contribution >= 0.6 is 0 Å². The number of aryl methyl sites for hydroxylation is 1. The van der Waals surface area contributed by atoms with E-state index in [2.05, 4.69) is 25.7 Å². The molecule has 0 aliphatic carbocycles. The topological polar surface area (TPSA) is 199 Å². The summed E-state index contributed by atoms with van der Waals surface area (Å²) in [6.45, 7) is 3.98. The van der Waals surface area contributed by atoms with Crippen LogP contribution in [0.3, 0.4) is 0 Å². The molecule has 0 radical (unpaired) electrons. The van der Waals surface area contributed by atoms with Crippen molar-refractivity contribution in [3.8, 4) is 22.8 Å². The number of ether oxygens (including phenoxy) is 5. The summed E-state index contributed by atoms with van der Waals surface area (Å²) in [5, 5.41) is 20.6. The zero-order chi connectivity index (χ0) is 33.5. The maximum absolute atomic E-state index is 13.4. The highest BCUT2D eigenvalue weighted by Gasteiger charge is 2.58. The van der Waals surface area contributed by atoms with Gasteiger partial charge in [-0.25, -0.2) is 9.97 Å². The Balaban J connectivity index is 1.35. The van der Waals surface area contributed by atoms with Crippen molar-refractivity contribution in [2.75, 3.05) is 26.1 Å².